The van der Waals surface area contributed by atoms with E-state index in [1.165, 1.54) is 12.4 Å². The number of anilines is 1. The Hall–Kier alpha value is -2.73. The number of carbonyl (C=O) groups excluding carboxylic acids is 2. The van der Waals surface area contributed by atoms with Crippen molar-refractivity contribution in [1.29, 1.82) is 0 Å². The summed E-state index contributed by atoms with van der Waals surface area (Å²) in [5.74, 6) is -0.399. The van der Waals surface area contributed by atoms with E-state index in [0.717, 1.165) is 17.7 Å². The number of para-hydroxylation sites is 1. The molecule has 1 aromatic carbocycles. The molecule has 130 valence electrons. The lowest BCUT2D eigenvalue weighted by molar-refractivity contribution is 0.0302. The van der Waals surface area contributed by atoms with Crippen molar-refractivity contribution in [2.45, 2.75) is 13.3 Å². The number of benzene rings is 1. The van der Waals surface area contributed by atoms with Gasteiger partial charge in [0.05, 0.1) is 24.3 Å². The van der Waals surface area contributed by atoms with Crippen LogP contribution in [0.3, 0.4) is 0 Å². The molecule has 2 amide bonds. The van der Waals surface area contributed by atoms with E-state index in [1.807, 2.05) is 31.2 Å². The molecule has 0 spiro atoms. The first kappa shape index (κ1) is 17.1. The summed E-state index contributed by atoms with van der Waals surface area (Å²) in [6.45, 7) is 4.22. The van der Waals surface area contributed by atoms with Crippen LogP contribution in [-0.4, -0.2) is 48.0 Å². The van der Waals surface area contributed by atoms with Crippen molar-refractivity contribution in [3.63, 3.8) is 0 Å². The predicted molar refractivity (Wildman–Crippen MR) is 94.7 cm³/mol. The van der Waals surface area contributed by atoms with E-state index >= 15 is 0 Å². The first-order valence-electron chi connectivity index (χ1n) is 8.40. The number of ether oxygens (including phenoxy) is 1. The quantitative estimate of drug-likeness (QED) is 0.928. The minimum Gasteiger partial charge on any atom is -0.378 e. The summed E-state index contributed by atoms with van der Waals surface area (Å²) < 4.78 is 5.26. The van der Waals surface area contributed by atoms with Crippen LogP contribution in [0.25, 0.3) is 0 Å². The summed E-state index contributed by atoms with van der Waals surface area (Å²) in [6, 6.07) is 9.26. The van der Waals surface area contributed by atoms with E-state index < -0.39 is 0 Å². The molecule has 0 saturated carbocycles. The summed E-state index contributed by atoms with van der Waals surface area (Å²) in [5.41, 5.74) is 2.62. The van der Waals surface area contributed by atoms with Crippen LogP contribution >= 0.6 is 0 Å². The number of aryl methyl sites for hydroxylation is 1. The van der Waals surface area contributed by atoms with E-state index in [2.05, 4.69) is 10.3 Å². The Morgan fingerprint density at radius 3 is 2.64 bits per heavy atom. The number of hydrogen-bond acceptors (Lipinski definition) is 4. The summed E-state index contributed by atoms with van der Waals surface area (Å²) in [4.78, 5) is 30.9. The molecule has 1 aromatic heterocycles. The van der Waals surface area contributed by atoms with Gasteiger partial charge in [0.15, 0.2) is 0 Å². The average molecular weight is 339 g/mol. The zero-order chi connectivity index (χ0) is 17.6. The molecule has 6 nitrogen and oxygen atoms in total. The second-order valence-corrected chi connectivity index (χ2v) is 5.83. The zero-order valence-electron chi connectivity index (χ0n) is 14.2. The molecular formula is C19H21N3O3. The Morgan fingerprint density at radius 2 is 1.88 bits per heavy atom. The number of aromatic nitrogens is 1. The van der Waals surface area contributed by atoms with Gasteiger partial charge in [0.2, 0.25) is 0 Å². The Labute approximate surface area is 146 Å². The molecule has 1 aliphatic rings. The van der Waals surface area contributed by atoms with Gasteiger partial charge in [-0.2, -0.15) is 0 Å². The number of pyridine rings is 1. The van der Waals surface area contributed by atoms with E-state index in [1.54, 1.807) is 11.0 Å². The van der Waals surface area contributed by atoms with Crippen LogP contribution in [-0.2, 0) is 11.2 Å². The maximum Gasteiger partial charge on any atom is 0.257 e. The summed E-state index contributed by atoms with van der Waals surface area (Å²) in [5, 5.41) is 2.90. The largest absolute Gasteiger partial charge is 0.378 e. The third kappa shape index (κ3) is 4.03. The minimum absolute atomic E-state index is 0.126. The molecule has 3 rings (SSSR count). The van der Waals surface area contributed by atoms with Gasteiger partial charge in [-0.1, -0.05) is 25.1 Å². The van der Waals surface area contributed by atoms with E-state index in [0.29, 0.717) is 37.4 Å². The molecule has 1 fully saturated rings. The van der Waals surface area contributed by atoms with Gasteiger partial charge < -0.3 is 15.0 Å². The number of rotatable bonds is 4. The Bertz CT molecular complexity index is 770. The number of nitrogens with one attached hydrogen (secondary N) is 1. The monoisotopic (exact) mass is 339 g/mol. The number of carbonyl (C=O) groups is 2. The van der Waals surface area contributed by atoms with Crippen LogP contribution in [0.5, 0.6) is 0 Å². The molecule has 1 aliphatic heterocycles. The van der Waals surface area contributed by atoms with E-state index in [-0.39, 0.29) is 11.8 Å². The third-order valence-electron chi connectivity index (χ3n) is 4.19. The Kier molecular flexibility index (Phi) is 5.40. The molecule has 2 aromatic rings. The number of nitrogens with zero attached hydrogens (tertiary/aromatic N) is 2. The molecule has 1 saturated heterocycles. The van der Waals surface area contributed by atoms with Crippen LogP contribution in [0.2, 0.25) is 0 Å². The van der Waals surface area contributed by atoms with Crippen molar-refractivity contribution in [1.82, 2.24) is 9.88 Å². The zero-order valence-corrected chi connectivity index (χ0v) is 14.2. The first-order chi connectivity index (χ1) is 12.2. The topological polar surface area (TPSA) is 71.5 Å². The van der Waals surface area contributed by atoms with Gasteiger partial charge in [-0.25, -0.2) is 0 Å². The van der Waals surface area contributed by atoms with Crippen molar-refractivity contribution in [3.05, 3.63) is 59.4 Å². The standard InChI is InChI=1S/C19H21N3O3/c1-2-14-5-3-4-6-17(14)21-18(23)15-11-16(13-20-12-15)19(24)22-7-9-25-10-8-22/h3-6,11-13H,2,7-10H2,1H3,(H,21,23). The lowest BCUT2D eigenvalue weighted by Crippen LogP contribution is -2.40. The number of morpholine rings is 1. The van der Waals surface area contributed by atoms with Gasteiger partial charge in [0, 0.05) is 31.2 Å². The van der Waals surface area contributed by atoms with Crippen LogP contribution in [0.15, 0.2) is 42.7 Å². The maximum atomic E-state index is 12.5. The molecule has 0 radical (unpaired) electrons. The molecule has 0 atom stereocenters. The molecule has 2 heterocycles. The van der Waals surface area contributed by atoms with E-state index in [9.17, 15) is 9.59 Å². The highest BCUT2D eigenvalue weighted by molar-refractivity contribution is 6.06. The number of amides is 2. The molecule has 25 heavy (non-hydrogen) atoms. The Morgan fingerprint density at radius 1 is 1.16 bits per heavy atom. The van der Waals surface area contributed by atoms with Crippen molar-refractivity contribution < 1.29 is 14.3 Å². The summed E-state index contributed by atoms with van der Waals surface area (Å²) in [6.07, 6.45) is 3.79. The summed E-state index contributed by atoms with van der Waals surface area (Å²) >= 11 is 0. The first-order valence-corrected chi connectivity index (χ1v) is 8.40. The van der Waals surface area contributed by atoms with Gasteiger partial charge in [-0.15, -0.1) is 0 Å². The van der Waals surface area contributed by atoms with Crippen molar-refractivity contribution >= 4 is 17.5 Å². The molecule has 0 unspecified atom stereocenters. The van der Waals surface area contributed by atoms with Gasteiger partial charge in [0.1, 0.15) is 0 Å². The minimum atomic E-state index is -0.273. The SMILES string of the molecule is CCc1ccccc1NC(=O)c1cncc(C(=O)N2CCOCC2)c1. The number of hydrogen-bond donors (Lipinski definition) is 1. The molecule has 6 heteroatoms. The maximum absolute atomic E-state index is 12.5. The molecule has 0 bridgehead atoms. The fourth-order valence-electron chi connectivity index (χ4n) is 2.78. The van der Waals surface area contributed by atoms with Gasteiger partial charge in [-0.05, 0) is 24.1 Å². The lowest BCUT2D eigenvalue weighted by Gasteiger charge is -2.26. The van der Waals surface area contributed by atoms with Crippen molar-refractivity contribution in [3.8, 4) is 0 Å². The fraction of sp³-hybridized carbons (Fsp3) is 0.316. The van der Waals surface area contributed by atoms with Crippen LogP contribution < -0.4 is 5.32 Å². The normalized spacial score (nSPS) is 14.2. The second kappa shape index (κ2) is 7.90. The average Bonchev–Trinajstić information content (AvgIpc) is 2.68. The molecule has 0 aliphatic carbocycles. The van der Waals surface area contributed by atoms with Crippen LogP contribution in [0.4, 0.5) is 5.69 Å². The lowest BCUT2D eigenvalue weighted by atomic mass is 10.1. The van der Waals surface area contributed by atoms with Crippen molar-refractivity contribution in [2.75, 3.05) is 31.6 Å². The highest BCUT2D eigenvalue weighted by atomic mass is 16.5. The van der Waals surface area contributed by atoms with Crippen molar-refractivity contribution in [2.24, 2.45) is 0 Å². The van der Waals surface area contributed by atoms with Gasteiger partial charge in [0.25, 0.3) is 11.8 Å². The summed E-state index contributed by atoms with van der Waals surface area (Å²) in [7, 11) is 0. The molecular weight excluding hydrogens is 318 g/mol. The third-order valence-corrected chi connectivity index (χ3v) is 4.19. The van der Waals surface area contributed by atoms with Crippen LogP contribution in [0.1, 0.15) is 33.2 Å². The van der Waals surface area contributed by atoms with Crippen LogP contribution in [0, 0.1) is 0 Å². The molecule has 1 N–H and O–H groups in total. The van der Waals surface area contributed by atoms with Gasteiger partial charge in [-0.3, -0.25) is 14.6 Å². The predicted octanol–water partition coefficient (Wildman–Crippen LogP) is 2.37. The highest BCUT2D eigenvalue weighted by Crippen LogP contribution is 2.17. The smallest absolute Gasteiger partial charge is 0.257 e. The highest BCUT2D eigenvalue weighted by Gasteiger charge is 2.20. The second-order valence-electron chi connectivity index (χ2n) is 5.83. The van der Waals surface area contributed by atoms with E-state index in [4.69, 9.17) is 4.74 Å². The Balaban J connectivity index is 1.76. The fourth-order valence-corrected chi connectivity index (χ4v) is 2.78. The van der Waals surface area contributed by atoms with Gasteiger partial charge >= 0.3 is 0 Å².